The van der Waals surface area contributed by atoms with Crippen molar-refractivity contribution in [2.45, 2.75) is 39.3 Å². The van der Waals surface area contributed by atoms with E-state index in [0.717, 1.165) is 6.54 Å². The smallest absolute Gasteiger partial charge is 0.0899 e. The molecule has 0 spiro atoms. The average Bonchev–Trinajstić information content (AvgIpc) is 2.28. The molecule has 0 bridgehead atoms. The summed E-state index contributed by atoms with van der Waals surface area (Å²) in [6.45, 7) is 7.31. The van der Waals surface area contributed by atoms with Gasteiger partial charge in [0.25, 0.3) is 0 Å². The molecule has 0 heterocycles. The second-order valence-corrected chi connectivity index (χ2v) is 5.36. The molecule has 1 rings (SSSR count). The Labute approximate surface area is 110 Å². The maximum Gasteiger partial charge on any atom is 0.0899 e. The van der Waals surface area contributed by atoms with Gasteiger partial charge >= 0.3 is 0 Å². The summed E-state index contributed by atoms with van der Waals surface area (Å²) in [4.78, 5) is 2.71. The third-order valence-electron chi connectivity index (χ3n) is 3.15. The molecular weight excluding hydrogens is 228 g/mol. The lowest BCUT2D eigenvalue weighted by Crippen LogP contribution is -2.38. The Morgan fingerprint density at radius 1 is 1.24 bits per heavy atom. The van der Waals surface area contributed by atoms with Crippen LogP contribution in [-0.2, 0) is 6.54 Å². The van der Waals surface area contributed by atoms with Crippen molar-refractivity contribution in [1.29, 1.82) is 0 Å². The molecule has 0 amide bonds. The molecule has 0 aliphatic carbocycles. The van der Waals surface area contributed by atoms with Crippen LogP contribution in [0.4, 0.5) is 0 Å². The van der Waals surface area contributed by atoms with E-state index in [4.69, 9.17) is 18.0 Å². The quantitative estimate of drug-likeness (QED) is 0.815. The van der Waals surface area contributed by atoms with E-state index in [1.807, 2.05) is 14.0 Å². The molecule has 1 unspecified atom stereocenters. The first-order valence-electron chi connectivity index (χ1n) is 6.00. The Bertz CT molecular complexity index is 370. The normalized spacial score (nSPS) is 13.1. The molecule has 2 nitrogen and oxygen atoms in total. The molecule has 0 radical (unpaired) electrons. The maximum absolute atomic E-state index is 5.64. The number of rotatable bonds is 5. The number of nitrogens with two attached hydrogens (primary N) is 1. The highest BCUT2D eigenvalue weighted by molar-refractivity contribution is 7.80. The average molecular weight is 250 g/mol. The number of hydrogen-bond acceptors (Lipinski definition) is 2. The number of likely N-dealkylation sites (N-methyl/N-ethyl adjacent to an activating group) is 1. The second-order valence-electron chi connectivity index (χ2n) is 4.89. The predicted octanol–water partition coefficient (Wildman–Crippen LogP) is 2.92. The van der Waals surface area contributed by atoms with Gasteiger partial charge in [0.1, 0.15) is 0 Å². The summed E-state index contributed by atoms with van der Waals surface area (Å²) in [7, 11) is 2.04. The zero-order valence-corrected chi connectivity index (χ0v) is 11.9. The van der Waals surface area contributed by atoms with Crippen molar-refractivity contribution in [2.75, 3.05) is 7.05 Å². The van der Waals surface area contributed by atoms with Gasteiger partial charge in [-0.25, -0.2) is 0 Å². The minimum Gasteiger partial charge on any atom is -0.392 e. The van der Waals surface area contributed by atoms with Gasteiger partial charge in [-0.15, -0.1) is 0 Å². The molecule has 0 aliphatic rings. The summed E-state index contributed by atoms with van der Waals surface area (Å²) >= 11 is 5.00. The first-order chi connectivity index (χ1) is 7.91. The van der Waals surface area contributed by atoms with Gasteiger partial charge in [0.15, 0.2) is 0 Å². The topological polar surface area (TPSA) is 29.3 Å². The number of benzene rings is 1. The summed E-state index contributed by atoms with van der Waals surface area (Å²) in [6.07, 6.45) is 0. The van der Waals surface area contributed by atoms with E-state index in [-0.39, 0.29) is 6.04 Å². The van der Waals surface area contributed by atoms with Crippen molar-refractivity contribution in [1.82, 2.24) is 4.90 Å². The Morgan fingerprint density at radius 3 is 2.18 bits per heavy atom. The second kappa shape index (κ2) is 6.12. The van der Waals surface area contributed by atoms with E-state index >= 15 is 0 Å². The van der Waals surface area contributed by atoms with Crippen LogP contribution in [-0.4, -0.2) is 23.0 Å². The summed E-state index contributed by atoms with van der Waals surface area (Å²) in [5, 5.41) is 0. The Hall–Kier alpha value is -0.930. The van der Waals surface area contributed by atoms with E-state index in [0.29, 0.717) is 10.9 Å². The Kier molecular flexibility index (Phi) is 5.09. The van der Waals surface area contributed by atoms with Crippen LogP contribution in [0.1, 0.15) is 37.8 Å². The first-order valence-corrected chi connectivity index (χ1v) is 6.41. The van der Waals surface area contributed by atoms with Crippen LogP contribution in [0.2, 0.25) is 0 Å². The number of nitrogens with zero attached hydrogens (tertiary/aromatic N) is 1. The molecule has 0 fully saturated rings. The van der Waals surface area contributed by atoms with Gasteiger partial charge in [-0.3, -0.25) is 4.90 Å². The Balaban J connectivity index is 2.66. The van der Waals surface area contributed by atoms with Gasteiger partial charge in [0.05, 0.1) is 11.0 Å². The van der Waals surface area contributed by atoms with Crippen LogP contribution in [0, 0.1) is 0 Å². The standard InChI is InChI=1S/C14H22N2S/c1-10(2)13-7-5-12(6-8-13)9-16(4)11(3)14(15)17/h5-8,10-11H,9H2,1-4H3,(H2,15,17). The zero-order valence-electron chi connectivity index (χ0n) is 11.1. The Morgan fingerprint density at radius 2 is 1.76 bits per heavy atom. The molecule has 3 heteroatoms. The first kappa shape index (κ1) is 14.1. The maximum atomic E-state index is 5.64. The molecule has 1 aromatic rings. The lowest BCUT2D eigenvalue weighted by atomic mass is 10.0. The van der Waals surface area contributed by atoms with Crippen LogP contribution in [0.15, 0.2) is 24.3 Å². The summed E-state index contributed by atoms with van der Waals surface area (Å²) in [5.41, 5.74) is 8.31. The molecule has 94 valence electrons. The number of hydrogen-bond donors (Lipinski definition) is 1. The SMILES string of the molecule is CC(C)c1ccc(CN(C)C(C)C(N)=S)cc1. The highest BCUT2D eigenvalue weighted by Crippen LogP contribution is 2.15. The summed E-state index contributed by atoms with van der Waals surface area (Å²) in [6, 6.07) is 8.88. The van der Waals surface area contributed by atoms with E-state index in [1.165, 1.54) is 11.1 Å². The third kappa shape index (κ3) is 4.10. The molecular formula is C14H22N2S. The number of thiocarbonyl (C=S) groups is 1. The van der Waals surface area contributed by atoms with Gasteiger partial charge < -0.3 is 5.73 Å². The molecule has 0 aromatic heterocycles. The van der Waals surface area contributed by atoms with E-state index in [2.05, 4.69) is 43.0 Å². The van der Waals surface area contributed by atoms with Crippen molar-refractivity contribution in [3.63, 3.8) is 0 Å². The van der Waals surface area contributed by atoms with E-state index < -0.39 is 0 Å². The molecule has 17 heavy (non-hydrogen) atoms. The van der Waals surface area contributed by atoms with E-state index in [1.54, 1.807) is 0 Å². The van der Waals surface area contributed by atoms with Crippen LogP contribution >= 0.6 is 12.2 Å². The molecule has 0 aliphatic heterocycles. The van der Waals surface area contributed by atoms with Crippen molar-refractivity contribution < 1.29 is 0 Å². The monoisotopic (exact) mass is 250 g/mol. The lowest BCUT2D eigenvalue weighted by molar-refractivity contribution is 0.304. The van der Waals surface area contributed by atoms with Crippen molar-refractivity contribution in [2.24, 2.45) is 5.73 Å². The fourth-order valence-electron chi connectivity index (χ4n) is 1.65. The summed E-state index contributed by atoms with van der Waals surface area (Å²) < 4.78 is 0. The minimum atomic E-state index is 0.134. The molecule has 2 N–H and O–H groups in total. The fourth-order valence-corrected chi connectivity index (χ4v) is 1.83. The minimum absolute atomic E-state index is 0.134. The lowest BCUT2D eigenvalue weighted by Gasteiger charge is -2.23. The van der Waals surface area contributed by atoms with Gasteiger partial charge in [-0.1, -0.05) is 50.3 Å². The predicted molar refractivity (Wildman–Crippen MR) is 78.2 cm³/mol. The van der Waals surface area contributed by atoms with Gasteiger partial charge in [0.2, 0.25) is 0 Å². The zero-order chi connectivity index (χ0) is 13.0. The van der Waals surface area contributed by atoms with Crippen LogP contribution in [0.3, 0.4) is 0 Å². The molecule has 0 saturated carbocycles. The van der Waals surface area contributed by atoms with Crippen LogP contribution in [0.5, 0.6) is 0 Å². The van der Waals surface area contributed by atoms with Crippen molar-refractivity contribution in [3.8, 4) is 0 Å². The highest BCUT2D eigenvalue weighted by atomic mass is 32.1. The summed E-state index contributed by atoms with van der Waals surface area (Å²) in [5.74, 6) is 0.581. The van der Waals surface area contributed by atoms with Crippen molar-refractivity contribution >= 4 is 17.2 Å². The largest absolute Gasteiger partial charge is 0.392 e. The molecule has 1 aromatic carbocycles. The van der Waals surface area contributed by atoms with E-state index in [9.17, 15) is 0 Å². The molecule has 1 atom stereocenters. The van der Waals surface area contributed by atoms with Gasteiger partial charge in [0, 0.05) is 6.54 Å². The third-order valence-corrected chi connectivity index (χ3v) is 3.49. The van der Waals surface area contributed by atoms with Crippen LogP contribution < -0.4 is 5.73 Å². The highest BCUT2D eigenvalue weighted by Gasteiger charge is 2.11. The van der Waals surface area contributed by atoms with Crippen LogP contribution in [0.25, 0.3) is 0 Å². The molecule has 0 saturated heterocycles. The van der Waals surface area contributed by atoms with Gasteiger partial charge in [-0.2, -0.15) is 0 Å². The fraction of sp³-hybridized carbons (Fsp3) is 0.500. The van der Waals surface area contributed by atoms with Gasteiger partial charge in [-0.05, 0) is 31.0 Å². The van der Waals surface area contributed by atoms with Crippen molar-refractivity contribution in [3.05, 3.63) is 35.4 Å².